The lowest BCUT2D eigenvalue weighted by Crippen LogP contribution is -2.35. The lowest BCUT2D eigenvalue weighted by Gasteiger charge is -2.22. The van der Waals surface area contributed by atoms with Gasteiger partial charge in [0.2, 0.25) is 10.0 Å². The van der Waals surface area contributed by atoms with E-state index in [1.807, 2.05) is 12.1 Å². The van der Waals surface area contributed by atoms with Gasteiger partial charge in [-0.2, -0.15) is 5.26 Å². The van der Waals surface area contributed by atoms with Crippen LogP contribution in [0.4, 0.5) is 0 Å². The van der Waals surface area contributed by atoms with E-state index in [0.29, 0.717) is 35.5 Å². The van der Waals surface area contributed by atoms with Gasteiger partial charge in [0.15, 0.2) is 0 Å². The standard InChI is InChI=1S/C18H25ClN2O2S.C8H16/c1-13(2)24(22,23)21-9-8-17(12-21)14(3)4-5-15-6-7-16(11-20)18(19)10-15;1-2-8-6-4-3-5-7-8/h6-7,10,13-14,17H,4-5,8-9,12H2,1-3H3;8H,2-7H2,1H3. The van der Waals surface area contributed by atoms with Crippen molar-refractivity contribution in [1.82, 2.24) is 4.31 Å². The third-order valence-electron chi connectivity index (χ3n) is 7.29. The maximum Gasteiger partial charge on any atom is 0.216 e. The maximum absolute atomic E-state index is 12.3. The molecule has 1 aromatic carbocycles. The Morgan fingerprint density at radius 2 is 1.84 bits per heavy atom. The van der Waals surface area contributed by atoms with Crippen LogP contribution in [-0.4, -0.2) is 31.1 Å². The van der Waals surface area contributed by atoms with Gasteiger partial charge in [-0.3, -0.25) is 0 Å². The smallest absolute Gasteiger partial charge is 0.212 e. The third kappa shape index (κ3) is 7.75. The van der Waals surface area contributed by atoms with Crippen molar-refractivity contribution in [3.63, 3.8) is 0 Å². The molecule has 0 spiro atoms. The van der Waals surface area contributed by atoms with Crippen LogP contribution in [0.3, 0.4) is 0 Å². The SMILES string of the molecule is CC(CCc1ccc(C#N)c(Cl)c1)C1CCN(S(=O)(=O)C(C)C)C1.CCC1CCCCC1. The Bertz CT molecular complexity index is 857. The normalized spacial score (nSPS) is 21.1. The van der Waals surface area contributed by atoms with Crippen LogP contribution in [0.1, 0.15) is 90.2 Å². The fourth-order valence-electron chi connectivity index (χ4n) is 4.78. The van der Waals surface area contributed by atoms with Crippen LogP contribution in [0.15, 0.2) is 18.2 Å². The molecule has 0 amide bonds. The Labute approximate surface area is 201 Å². The molecular formula is C26H41ClN2O2S. The highest BCUT2D eigenvalue weighted by Crippen LogP contribution is 2.30. The van der Waals surface area contributed by atoms with Crippen molar-refractivity contribution in [3.05, 3.63) is 34.3 Å². The van der Waals surface area contributed by atoms with E-state index in [1.165, 1.54) is 38.5 Å². The molecule has 2 fully saturated rings. The molecule has 2 atom stereocenters. The summed E-state index contributed by atoms with van der Waals surface area (Å²) in [6, 6.07) is 7.63. The van der Waals surface area contributed by atoms with Gasteiger partial charge in [0.05, 0.1) is 15.8 Å². The Kier molecular flexibility index (Phi) is 11.0. The van der Waals surface area contributed by atoms with E-state index in [4.69, 9.17) is 16.9 Å². The molecule has 1 saturated heterocycles. The number of nitriles is 1. The molecule has 0 N–H and O–H groups in total. The molecule has 0 aromatic heterocycles. The van der Waals surface area contributed by atoms with E-state index in [-0.39, 0.29) is 5.25 Å². The molecule has 2 aliphatic rings. The summed E-state index contributed by atoms with van der Waals surface area (Å²) in [7, 11) is -3.14. The summed E-state index contributed by atoms with van der Waals surface area (Å²) in [5.74, 6) is 1.95. The van der Waals surface area contributed by atoms with Crippen molar-refractivity contribution in [3.8, 4) is 6.07 Å². The van der Waals surface area contributed by atoms with Crippen molar-refractivity contribution in [2.24, 2.45) is 17.8 Å². The predicted molar refractivity (Wildman–Crippen MR) is 134 cm³/mol. The zero-order valence-corrected chi connectivity index (χ0v) is 21.9. The van der Waals surface area contributed by atoms with E-state index in [2.05, 4.69) is 19.9 Å². The minimum absolute atomic E-state index is 0.354. The fraction of sp³-hybridized carbons (Fsp3) is 0.731. The van der Waals surface area contributed by atoms with Gasteiger partial charge in [-0.15, -0.1) is 0 Å². The van der Waals surface area contributed by atoms with E-state index < -0.39 is 10.0 Å². The van der Waals surface area contributed by atoms with Gasteiger partial charge in [0.1, 0.15) is 6.07 Å². The van der Waals surface area contributed by atoms with Gasteiger partial charge in [-0.1, -0.05) is 70.0 Å². The van der Waals surface area contributed by atoms with Crippen molar-refractivity contribution >= 4 is 21.6 Å². The van der Waals surface area contributed by atoms with Gasteiger partial charge in [0, 0.05) is 13.1 Å². The molecule has 4 nitrogen and oxygen atoms in total. The number of sulfonamides is 1. The topological polar surface area (TPSA) is 61.2 Å². The molecule has 1 aliphatic carbocycles. The zero-order valence-electron chi connectivity index (χ0n) is 20.3. The molecule has 1 aromatic rings. The average molecular weight is 481 g/mol. The van der Waals surface area contributed by atoms with Crippen LogP contribution in [-0.2, 0) is 16.4 Å². The van der Waals surface area contributed by atoms with E-state index in [1.54, 1.807) is 24.2 Å². The monoisotopic (exact) mass is 480 g/mol. The summed E-state index contributed by atoms with van der Waals surface area (Å²) in [5, 5.41) is 9.06. The first kappa shape index (κ1) is 27.2. The van der Waals surface area contributed by atoms with Crippen LogP contribution in [0.25, 0.3) is 0 Å². The van der Waals surface area contributed by atoms with Gasteiger partial charge in [0.25, 0.3) is 0 Å². The highest BCUT2D eigenvalue weighted by molar-refractivity contribution is 7.89. The zero-order chi connectivity index (χ0) is 23.7. The molecule has 180 valence electrons. The quantitative estimate of drug-likeness (QED) is 0.430. The van der Waals surface area contributed by atoms with Crippen molar-refractivity contribution in [2.75, 3.05) is 13.1 Å². The summed E-state index contributed by atoms with van der Waals surface area (Å²) < 4.78 is 26.2. The molecule has 6 heteroatoms. The van der Waals surface area contributed by atoms with Crippen molar-refractivity contribution in [2.45, 2.75) is 90.7 Å². The molecule has 32 heavy (non-hydrogen) atoms. The number of hydrogen-bond donors (Lipinski definition) is 0. The van der Waals surface area contributed by atoms with Crippen LogP contribution in [0.5, 0.6) is 0 Å². The maximum atomic E-state index is 12.3. The minimum atomic E-state index is -3.14. The van der Waals surface area contributed by atoms with Gasteiger partial charge < -0.3 is 0 Å². The Morgan fingerprint density at radius 1 is 1.16 bits per heavy atom. The first-order chi connectivity index (χ1) is 15.2. The van der Waals surface area contributed by atoms with Crippen LogP contribution < -0.4 is 0 Å². The molecular weight excluding hydrogens is 440 g/mol. The van der Waals surface area contributed by atoms with Crippen molar-refractivity contribution in [1.29, 1.82) is 5.26 Å². The summed E-state index contributed by atoms with van der Waals surface area (Å²) in [6.07, 6.45) is 11.7. The van der Waals surface area contributed by atoms with Crippen LogP contribution in [0.2, 0.25) is 5.02 Å². The number of rotatable bonds is 7. The number of aryl methyl sites for hydroxylation is 1. The molecule has 1 saturated carbocycles. The van der Waals surface area contributed by atoms with Gasteiger partial charge >= 0.3 is 0 Å². The van der Waals surface area contributed by atoms with Crippen LogP contribution >= 0.6 is 11.6 Å². The lowest BCUT2D eigenvalue weighted by molar-refractivity contribution is 0.345. The first-order valence-corrected chi connectivity index (χ1v) is 14.2. The highest BCUT2D eigenvalue weighted by Gasteiger charge is 2.35. The Hall–Kier alpha value is -1.09. The number of nitrogens with zero attached hydrogens (tertiary/aromatic N) is 2. The molecule has 2 unspecified atom stereocenters. The number of benzene rings is 1. The summed E-state index contributed by atoms with van der Waals surface area (Å²) in [4.78, 5) is 0. The molecule has 1 heterocycles. The van der Waals surface area contributed by atoms with Crippen LogP contribution in [0, 0.1) is 29.1 Å². The van der Waals surface area contributed by atoms with Crippen molar-refractivity contribution < 1.29 is 8.42 Å². The molecule has 1 aliphatic heterocycles. The van der Waals surface area contributed by atoms with E-state index in [0.717, 1.165) is 30.7 Å². The first-order valence-electron chi connectivity index (χ1n) is 12.4. The predicted octanol–water partition coefficient (Wildman–Crippen LogP) is 6.82. The Morgan fingerprint density at radius 3 is 2.38 bits per heavy atom. The van der Waals surface area contributed by atoms with Gasteiger partial charge in [-0.25, -0.2) is 12.7 Å². The number of hydrogen-bond acceptors (Lipinski definition) is 3. The summed E-state index contributed by atoms with van der Waals surface area (Å²) in [6.45, 7) is 9.26. The minimum Gasteiger partial charge on any atom is -0.212 e. The van der Waals surface area contributed by atoms with E-state index >= 15 is 0 Å². The van der Waals surface area contributed by atoms with Gasteiger partial charge in [-0.05, 0) is 68.6 Å². The second kappa shape index (κ2) is 13.0. The second-order valence-corrected chi connectivity index (χ2v) is 12.8. The Balaban J connectivity index is 0.000000380. The number of halogens is 1. The molecule has 3 rings (SSSR count). The fourth-order valence-corrected chi connectivity index (χ4v) is 6.38. The second-order valence-electron chi connectivity index (χ2n) is 9.85. The summed E-state index contributed by atoms with van der Waals surface area (Å²) >= 11 is 6.07. The average Bonchev–Trinajstić information content (AvgIpc) is 3.30. The highest BCUT2D eigenvalue weighted by atomic mass is 35.5. The molecule has 0 radical (unpaired) electrons. The largest absolute Gasteiger partial charge is 0.216 e. The third-order valence-corrected chi connectivity index (χ3v) is 9.85. The lowest BCUT2D eigenvalue weighted by atomic mass is 9.88. The van der Waals surface area contributed by atoms with E-state index in [9.17, 15) is 8.42 Å². The summed E-state index contributed by atoms with van der Waals surface area (Å²) in [5.41, 5.74) is 1.62. The molecule has 0 bridgehead atoms.